The quantitative estimate of drug-likeness (QED) is 0.850. The molecule has 0 fully saturated rings. The normalized spacial score (nSPS) is 15.0. The molecule has 6 nitrogen and oxygen atoms in total. The van der Waals surface area contributed by atoms with Gasteiger partial charge in [0.05, 0.1) is 12.0 Å². The number of sulfonamides is 1. The van der Waals surface area contributed by atoms with Gasteiger partial charge in [0.15, 0.2) is 0 Å². The first-order valence-corrected chi connectivity index (χ1v) is 10.6. The molecule has 0 bridgehead atoms. The predicted molar refractivity (Wildman–Crippen MR) is 109 cm³/mol. The molecule has 0 saturated heterocycles. The van der Waals surface area contributed by atoms with Gasteiger partial charge in [0.2, 0.25) is 15.9 Å². The van der Waals surface area contributed by atoms with E-state index in [4.69, 9.17) is 4.74 Å². The molecule has 0 spiro atoms. The van der Waals surface area contributed by atoms with Crippen LogP contribution in [0.2, 0.25) is 0 Å². The smallest absolute Gasteiger partial charge is 0.243 e. The van der Waals surface area contributed by atoms with Gasteiger partial charge >= 0.3 is 0 Å². The fourth-order valence-corrected chi connectivity index (χ4v) is 4.45. The van der Waals surface area contributed by atoms with Crippen molar-refractivity contribution >= 4 is 21.6 Å². The number of ether oxygens (including phenoxy) is 1. The minimum absolute atomic E-state index is 0.0778. The van der Waals surface area contributed by atoms with Crippen LogP contribution < -0.4 is 10.1 Å². The summed E-state index contributed by atoms with van der Waals surface area (Å²) in [6, 6.07) is 12.1. The SMILES string of the molecule is COc1ccc(S(=O)(=O)N2CCc3ccc(NC(=O)C(C)(C)C)cc3C2)cc1. The summed E-state index contributed by atoms with van der Waals surface area (Å²) in [6.45, 7) is 6.26. The Morgan fingerprint density at radius 3 is 2.36 bits per heavy atom. The van der Waals surface area contributed by atoms with E-state index < -0.39 is 15.4 Å². The second kappa shape index (κ2) is 7.56. The molecule has 28 heavy (non-hydrogen) atoms. The number of carbonyl (C=O) groups excluding carboxylic acids is 1. The van der Waals surface area contributed by atoms with Crippen molar-refractivity contribution in [2.24, 2.45) is 5.41 Å². The van der Waals surface area contributed by atoms with Crippen LogP contribution in [0, 0.1) is 5.41 Å². The third kappa shape index (κ3) is 4.20. The number of fused-ring (bicyclic) bond motifs is 1. The number of anilines is 1. The van der Waals surface area contributed by atoms with E-state index >= 15 is 0 Å². The number of nitrogens with one attached hydrogen (secondary N) is 1. The first-order valence-electron chi connectivity index (χ1n) is 9.19. The van der Waals surface area contributed by atoms with Crippen molar-refractivity contribution in [3.63, 3.8) is 0 Å². The first kappa shape index (κ1) is 20.4. The third-order valence-corrected chi connectivity index (χ3v) is 6.68. The Bertz CT molecular complexity index is 976. The largest absolute Gasteiger partial charge is 0.497 e. The van der Waals surface area contributed by atoms with Crippen molar-refractivity contribution in [3.05, 3.63) is 53.6 Å². The number of methoxy groups -OCH3 is 1. The lowest BCUT2D eigenvalue weighted by molar-refractivity contribution is -0.123. The first-order chi connectivity index (χ1) is 13.1. The molecule has 0 aliphatic carbocycles. The molecule has 1 aliphatic rings. The van der Waals surface area contributed by atoms with Crippen LogP contribution in [0.25, 0.3) is 0 Å². The van der Waals surface area contributed by atoms with Crippen LogP contribution in [0.5, 0.6) is 5.75 Å². The van der Waals surface area contributed by atoms with Crippen molar-refractivity contribution in [3.8, 4) is 5.75 Å². The lowest BCUT2D eigenvalue weighted by Crippen LogP contribution is -2.36. The maximum Gasteiger partial charge on any atom is 0.243 e. The standard InChI is InChI=1S/C21H26N2O4S/c1-21(2,3)20(24)22-17-6-5-15-11-12-23(14-16(15)13-17)28(25,26)19-9-7-18(27-4)8-10-19/h5-10,13H,11-12,14H2,1-4H3,(H,22,24). The van der Waals surface area contributed by atoms with Crippen LogP contribution in [0.15, 0.2) is 47.4 Å². The number of carbonyl (C=O) groups is 1. The summed E-state index contributed by atoms with van der Waals surface area (Å²) in [4.78, 5) is 12.5. The van der Waals surface area contributed by atoms with Crippen molar-refractivity contribution in [2.45, 2.75) is 38.6 Å². The fourth-order valence-electron chi connectivity index (χ4n) is 3.03. The van der Waals surface area contributed by atoms with Gasteiger partial charge in [0.1, 0.15) is 5.75 Å². The third-order valence-electron chi connectivity index (χ3n) is 4.82. The topological polar surface area (TPSA) is 75.7 Å². The highest BCUT2D eigenvalue weighted by Crippen LogP contribution is 2.28. The molecule has 2 aromatic rings. The molecular weight excluding hydrogens is 376 g/mol. The van der Waals surface area contributed by atoms with Gasteiger partial charge in [0, 0.05) is 24.2 Å². The van der Waals surface area contributed by atoms with Crippen LogP contribution >= 0.6 is 0 Å². The molecular formula is C21H26N2O4S. The van der Waals surface area contributed by atoms with E-state index in [1.54, 1.807) is 31.4 Å². The molecule has 0 aromatic heterocycles. The number of hydrogen-bond donors (Lipinski definition) is 1. The highest BCUT2D eigenvalue weighted by Gasteiger charge is 2.29. The Hall–Kier alpha value is -2.38. The Morgan fingerprint density at radius 1 is 1.07 bits per heavy atom. The number of amides is 1. The van der Waals surface area contributed by atoms with Gasteiger partial charge in [-0.25, -0.2) is 8.42 Å². The van der Waals surface area contributed by atoms with Crippen molar-refractivity contribution in [2.75, 3.05) is 19.0 Å². The van der Waals surface area contributed by atoms with Gasteiger partial charge in [-0.15, -0.1) is 0 Å². The van der Waals surface area contributed by atoms with Gasteiger partial charge in [0.25, 0.3) is 0 Å². The predicted octanol–water partition coefficient (Wildman–Crippen LogP) is 3.43. The Balaban J connectivity index is 1.82. The molecule has 0 atom stereocenters. The van der Waals surface area contributed by atoms with Crippen LogP contribution in [0.1, 0.15) is 31.9 Å². The Labute approximate surface area is 166 Å². The van der Waals surface area contributed by atoms with Crippen molar-refractivity contribution in [1.82, 2.24) is 4.31 Å². The maximum absolute atomic E-state index is 13.0. The number of rotatable bonds is 4. The van der Waals surface area contributed by atoms with E-state index in [-0.39, 0.29) is 17.3 Å². The summed E-state index contributed by atoms with van der Waals surface area (Å²) in [5.74, 6) is 0.535. The fraction of sp³-hybridized carbons (Fsp3) is 0.381. The number of nitrogens with zero attached hydrogens (tertiary/aromatic N) is 1. The van der Waals surface area contributed by atoms with E-state index in [0.717, 1.165) is 11.1 Å². The van der Waals surface area contributed by atoms with Crippen LogP contribution in [0.3, 0.4) is 0 Å². The molecule has 3 rings (SSSR count). The second-order valence-electron chi connectivity index (χ2n) is 7.95. The van der Waals surface area contributed by atoms with Crippen LogP contribution in [-0.2, 0) is 27.8 Å². The zero-order valence-electron chi connectivity index (χ0n) is 16.7. The highest BCUT2D eigenvalue weighted by molar-refractivity contribution is 7.89. The molecule has 1 N–H and O–H groups in total. The molecule has 1 amide bonds. The van der Waals surface area contributed by atoms with Gasteiger partial charge in [-0.05, 0) is 53.9 Å². The lowest BCUT2D eigenvalue weighted by Gasteiger charge is -2.29. The Morgan fingerprint density at radius 2 is 1.75 bits per heavy atom. The van der Waals surface area contributed by atoms with E-state index in [2.05, 4.69) is 5.32 Å². The van der Waals surface area contributed by atoms with Gasteiger partial charge in [-0.1, -0.05) is 26.8 Å². The summed E-state index contributed by atoms with van der Waals surface area (Å²) in [5, 5.41) is 2.91. The van der Waals surface area contributed by atoms with Crippen LogP contribution in [0.4, 0.5) is 5.69 Å². The molecule has 7 heteroatoms. The summed E-state index contributed by atoms with van der Waals surface area (Å²) >= 11 is 0. The van der Waals surface area contributed by atoms with E-state index in [9.17, 15) is 13.2 Å². The minimum Gasteiger partial charge on any atom is -0.497 e. The minimum atomic E-state index is -3.60. The number of benzene rings is 2. The monoisotopic (exact) mass is 402 g/mol. The zero-order valence-corrected chi connectivity index (χ0v) is 17.5. The summed E-state index contributed by atoms with van der Waals surface area (Å²) in [6.07, 6.45) is 0.637. The molecule has 2 aromatic carbocycles. The maximum atomic E-state index is 13.0. The highest BCUT2D eigenvalue weighted by atomic mass is 32.2. The Kier molecular flexibility index (Phi) is 5.50. The zero-order chi connectivity index (χ0) is 20.5. The second-order valence-corrected chi connectivity index (χ2v) is 9.89. The van der Waals surface area contributed by atoms with Crippen LogP contribution in [-0.4, -0.2) is 32.3 Å². The molecule has 1 heterocycles. The lowest BCUT2D eigenvalue weighted by atomic mass is 9.95. The average molecular weight is 403 g/mol. The average Bonchev–Trinajstić information content (AvgIpc) is 2.66. The summed E-state index contributed by atoms with van der Waals surface area (Å²) in [7, 11) is -2.06. The van der Waals surface area contributed by atoms with E-state index in [1.165, 1.54) is 4.31 Å². The van der Waals surface area contributed by atoms with E-state index in [0.29, 0.717) is 24.4 Å². The van der Waals surface area contributed by atoms with Gasteiger partial charge in [-0.2, -0.15) is 4.31 Å². The molecule has 0 radical (unpaired) electrons. The number of hydrogen-bond acceptors (Lipinski definition) is 4. The molecule has 1 aliphatic heterocycles. The molecule has 0 unspecified atom stereocenters. The van der Waals surface area contributed by atoms with E-state index in [1.807, 2.05) is 39.0 Å². The molecule has 150 valence electrons. The van der Waals surface area contributed by atoms with Crippen molar-refractivity contribution < 1.29 is 17.9 Å². The van der Waals surface area contributed by atoms with Gasteiger partial charge in [-0.3, -0.25) is 4.79 Å². The van der Waals surface area contributed by atoms with Gasteiger partial charge < -0.3 is 10.1 Å². The molecule has 0 saturated carbocycles. The summed E-state index contributed by atoms with van der Waals surface area (Å²) < 4.78 is 32.6. The van der Waals surface area contributed by atoms with Crippen molar-refractivity contribution in [1.29, 1.82) is 0 Å². The summed E-state index contributed by atoms with van der Waals surface area (Å²) in [5.41, 5.74) is 2.20.